The Morgan fingerprint density at radius 2 is 1.45 bits per heavy atom. The second-order valence-electron chi connectivity index (χ2n) is 9.48. The Bertz CT molecular complexity index is 1970. The Hall–Kier alpha value is -4.23. The molecule has 5 nitrogen and oxygen atoms in total. The highest BCUT2D eigenvalue weighted by Gasteiger charge is 2.22. The number of aromatic nitrogens is 5. The van der Waals surface area contributed by atoms with Gasteiger partial charge in [0.1, 0.15) is 5.69 Å². The summed E-state index contributed by atoms with van der Waals surface area (Å²) < 4.78 is 4.82. The SMILES string of the molecule is Cc1ccc(-c2cc(-c3cn(-c4ccccc4)nc3-c3ccc(Cl)cc3)n(-c3nc4ccc(Cl)cc4s3)n2)cc1. The summed E-state index contributed by atoms with van der Waals surface area (Å²) in [5.74, 6) is 0. The van der Waals surface area contributed by atoms with Crippen molar-refractivity contribution in [2.45, 2.75) is 6.92 Å². The number of nitrogens with zero attached hydrogens (tertiary/aromatic N) is 5. The molecule has 3 aromatic heterocycles. The van der Waals surface area contributed by atoms with Crippen LogP contribution in [0.25, 0.3) is 54.8 Å². The van der Waals surface area contributed by atoms with Gasteiger partial charge in [0.15, 0.2) is 0 Å². The highest BCUT2D eigenvalue weighted by molar-refractivity contribution is 7.20. The van der Waals surface area contributed by atoms with Gasteiger partial charge in [-0.1, -0.05) is 94.7 Å². The van der Waals surface area contributed by atoms with E-state index in [1.54, 1.807) is 11.3 Å². The van der Waals surface area contributed by atoms with Crippen LogP contribution >= 0.6 is 34.5 Å². The molecular formula is C32H21Cl2N5S. The number of hydrogen-bond acceptors (Lipinski definition) is 4. The molecule has 0 bridgehead atoms. The second-order valence-corrected chi connectivity index (χ2v) is 11.4. The van der Waals surface area contributed by atoms with Crippen LogP contribution in [-0.2, 0) is 0 Å². The fourth-order valence-electron chi connectivity index (χ4n) is 4.66. The fourth-order valence-corrected chi connectivity index (χ4v) is 5.99. The van der Waals surface area contributed by atoms with Gasteiger partial charge in [0.2, 0.25) is 5.13 Å². The number of aryl methyl sites for hydroxylation is 1. The van der Waals surface area contributed by atoms with Crippen LogP contribution in [0.2, 0.25) is 10.0 Å². The zero-order chi connectivity index (χ0) is 27.2. The van der Waals surface area contributed by atoms with E-state index in [0.29, 0.717) is 10.0 Å². The zero-order valence-electron chi connectivity index (χ0n) is 21.3. The standard InChI is InChI=1S/C32H21Cl2N5S/c1-20-7-9-21(10-8-20)28-18-29(39(36-28)32-35-27-16-15-24(34)17-30(27)40-32)26-19-38(25-5-3-2-4-6-25)37-31(26)22-11-13-23(33)14-12-22/h2-19H,1H3. The molecule has 4 aromatic carbocycles. The molecule has 0 amide bonds. The quantitative estimate of drug-likeness (QED) is 0.205. The van der Waals surface area contributed by atoms with Crippen LogP contribution in [0.1, 0.15) is 5.56 Å². The lowest BCUT2D eigenvalue weighted by molar-refractivity contribution is 0.879. The van der Waals surface area contributed by atoms with Gasteiger partial charge < -0.3 is 0 Å². The van der Waals surface area contributed by atoms with E-state index in [0.717, 1.165) is 54.8 Å². The van der Waals surface area contributed by atoms with Crippen molar-refractivity contribution in [3.05, 3.63) is 125 Å². The van der Waals surface area contributed by atoms with Gasteiger partial charge in [-0.3, -0.25) is 0 Å². The average Bonchev–Trinajstić information content (AvgIpc) is 3.71. The Morgan fingerprint density at radius 3 is 2.23 bits per heavy atom. The molecule has 0 aliphatic rings. The van der Waals surface area contributed by atoms with Crippen molar-refractivity contribution < 1.29 is 0 Å². The van der Waals surface area contributed by atoms with Crippen molar-refractivity contribution in [2.24, 2.45) is 0 Å². The van der Waals surface area contributed by atoms with E-state index in [-0.39, 0.29) is 0 Å². The van der Waals surface area contributed by atoms with Crippen LogP contribution in [-0.4, -0.2) is 24.5 Å². The zero-order valence-corrected chi connectivity index (χ0v) is 23.6. The first kappa shape index (κ1) is 24.8. The van der Waals surface area contributed by atoms with E-state index in [1.165, 1.54) is 5.56 Å². The molecule has 40 heavy (non-hydrogen) atoms. The van der Waals surface area contributed by atoms with Crippen molar-refractivity contribution >= 4 is 44.8 Å². The van der Waals surface area contributed by atoms with Crippen LogP contribution in [0.4, 0.5) is 0 Å². The Morgan fingerprint density at radius 1 is 0.725 bits per heavy atom. The molecule has 7 rings (SSSR count). The first-order chi connectivity index (χ1) is 19.5. The molecule has 0 aliphatic carbocycles. The average molecular weight is 579 g/mol. The van der Waals surface area contributed by atoms with Crippen LogP contribution in [0.15, 0.2) is 109 Å². The van der Waals surface area contributed by atoms with Crippen LogP contribution in [0.3, 0.4) is 0 Å². The summed E-state index contributed by atoms with van der Waals surface area (Å²) in [5.41, 5.74) is 8.49. The van der Waals surface area contributed by atoms with Crippen molar-refractivity contribution in [3.63, 3.8) is 0 Å². The van der Waals surface area contributed by atoms with E-state index in [9.17, 15) is 0 Å². The number of halogens is 2. The van der Waals surface area contributed by atoms with Crippen LogP contribution in [0, 0.1) is 6.92 Å². The fraction of sp³-hybridized carbons (Fsp3) is 0.0312. The van der Waals surface area contributed by atoms with E-state index in [1.807, 2.05) is 82.2 Å². The number of fused-ring (bicyclic) bond motifs is 1. The van der Waals surface area contributed by atoms with E-state index in [4.69, 9.17) is 38.4 Å². The van der Waals surface area contributed by atoms with Crippen molar-refractivity contribution in [2.75, 3.05) is 0 Å². The molecular weight excluding hydrogens is 557 g/mol. The number of para-hydroxylation sites is 1. The first-order valence-electron chi connectivity index (χ1n) is 12.7. The third-order valence-electron chi connectivity index (χ3n) is 6.71. The molecule has 0 saturated carbocycles. The van der Waals surface area contributed by atoms with Gasteiger partial charge in [0.05, 0.1) is 27.3 Å². The van der Waals surface area contributed by atoms with Crippen molar-refractivity contribution in [1.29, 1.82) is 0 Å². The Balaban J connectivity index is 1.48. The van der Waals surface area contributed by atoms with Gasteiger partial charge >= 0.3 is 0 Å². The predicted octanol–water partition coefficient (Wildman–Crippen LogP) is 9.28. The maximum Gasteiger partial charge on any atom is 0.212 e. The molecule has 0 atom stereocenters. The summed E-state index contributed by atoms with van der Waals surface area (Å²) >= 11 is 14.1. The first-order valence-corrected chi connectivity index (χ1v) is 14.2. The molecule has 0 unspecified atom stereocenters. The normalized spacial score (nSPS) is 11.4. The minimum absolute atomic E-state index is 0.674. The molecule has 0 fully saturated rings. The summed E-state index contributed by atoms with van der Waals surface area (Å²) in [4.78, 5) is 4.93. The predicted molar refractivity (Wildman–Crippen MR) is 165 cm³/mol. The largest absolute Gasteiger partial charge is 0.240 e. The molecule has 7 aromatic rings. The van der Waals surface area contributed by atoms with Gasteiger partial charge in [-0.15, -0.1) is 0 Å². The molecule has 0 radical (unpaired) electrons. The number of hydrogen-bond donors (Lipinski definition) is 0. The molecule has 194 valence electrons. The van der Waals surface area contributed by atoms with Crippen LogP contribution in [0.5, 0.6) is 0 Å². The molecule has 0 N–H and O–H groups in total. The van der Waals surface area contributed by atoms with Gasteiger partial charge in [-0.2, -0.15) is 10.2 Å². The van der Waals surface area contributed by atoms with Gasteiger partial charge in [-0.25, -0.2) is 14.3 Å². The Kier molecular flexibility index (Phi) is 6.24. The third-order valence-corrected chi connectivity index (χ3v) is 8.19. The second kappa shape index (κ2) is 10.1. The van der Waals surface area contributed by atoms with E-state index < -0.39 is 0 Å². The molecule has 0 spiro atoms. The van der Waals surface area contributed by atoms with Crippen molar-refractivity contribution in [1.82, 2.24) is 24.5 Å². The van der Waals surface area contributed by atoms with Crippen LogP contribution < -0.4 is 0 Å². The van der Waals surface area contributed by atoms with Crippen molar-refractivity contribution in [3.8, 4) is 44.6 Å². The molecule has 8 heteroatoms. The number of thiazole rings is 1. The van der Waals surface area contributed by atoms with Gasteiger partial charge in [0, 0.05) is 32.9 Å². The van der Waals surface area contributed by atoms with E-state index in [2.05, 4.69) is 43.5 Å². The van der Waals surface area contributed by atoms with Gasteiger partial charge in [0.25, 0.3) is 0 Å². The van der Waals surface area contributed by atoms with E-state index >= 15 is 0 Å². The summed E-state index contributed by atoms with van der Waals surface area (Å²) in [6, 6.07) is 34.1. The van der Waals surface area contributed by atoms with Gasteiger partial charge in [-0.05, 0) is 55.5 Å². The maximum absolute atomic E-state index is 6.29. The number of rotatable bonds is 5. The number of benzene rings is 4. The molecule has 3 heterocycles. The maximum atomic E-state index is 6.29. The monoisotopic (exact) mass is 577 g/mol. The summed E-state index contributed by atoms with van der Waals surface area (Å²) in [5, 5.41) is 12.2. The highest BCUT2D eigenvalue weighted by Crippen LogP contribution is 2.38. The molecule has 0 aliphatic heterocycles. The topological polar surface area (TPSA) is 48.5 Å². The highest BCUT2D eigenvalue weighted by atomic mass is 35.5. The summed E-state index contributed by atoms with van der Waals surface area (Å²) in [6.45, 7) is 2.08. The minimum Gasteiger partial charge on any atom is -0.240 e. The minimum atomic E-state index is 0.674. The lowest BCUT2D eigenvalue weighted by Crippen LogP contribution is -1.99. The molecule has 0 saturated heterocycles. The lowest BCUT2D eigenvalue weighted by atomic mass is 10.0. The summed E-state index contributed by atoms with van der Waals surface area (Å²) in [6.07, 6.45) is 2.05. The summed E-state index contributed by atoms with van der Waals surface area (Å²) in [7, 11) is 0. The third kappa shape index (κ3) is 4.60. The smallest absolute Gasteiger partial charge is 0.212 e. The Labute approximate surface area is 244 Å². The lowest BCUT2D eigenvalue weighted by Gasteiger charge is -2.05.